The Morgan fingerprint density at radius 2 is 2.04 bits per heavy atom. The monoisotopic (exact) mass is 405 g/mol. The van der Waals surface area contributed by atoms with Gasteiger partial charge in [0, 0.05) is 6.04 Å². The Labute approximate surface area is 169 Å². The van der Waals surface area contributed by atoms with Gasteiger partial charge in [-0.1, -0.05) is 11.6 Å². The molecule has 1 aromatic carbocycles. The van der Waals surface area contributed by atoms with Crippen LogP contribution < -0.4 is 10.1 Å². The van der Waals surface area contributed by atoms with Crippen molar-refractivity contribution < 1.29 is 14.2 Å². The molecular weight excluding hydrogens is 381 g/mol. The van der Waals surface area contributed by atoms with Crippen molar-refractivity contribution in [2.24, 2.45) is 22.7 Å². The molecule has 4 aliphatic rings. The Morgan fingerprint density at radius 1 is 1.36 bits per heavy atom. The molecule has 4 saturated carbocycles. The largest absolute Gasteiger partial charge is 0.478 e. The second-order valence-corrected chi connectivity index (χ2v) is 9.52. The van der Waals surface area contributed by atoms with Gasteiger partial charge in [-0.3, -0.25) is 0 Å². The van der Waals surface area contributed by atoms with Crippen molar-refractivity contribution in [2.45, 2.75) is 63.2 Å². The van der Waals surface area contributed by atoms with Crippen molar-refractivity contribution in [3.63, 3.8) is 0 Å². The summed E-state index contributed by atoms with van der Waals surface area (Å²) >= 11 is 6.11. The maximum Gasteiger partial charge on any atom is 0.207 e. The first-order valence-electron chi connectivity index (χ1n) is 9.79. The molecule has 4 fully saturated rings. The first kappa shape index (κ1) is 19.5. The topological polar surface area (TPSA) is 77.6 Å². The normalized spacial score (nSPS) is 34.2. The highest BCUT2D eigenvalue weighted by atomic mass is 35.5. The number of nitrogens with one attached hydrogen (secondary N) is 1. The highest BCUT2D eigenvalue weighted by Crippen LogP contribution is 2.55. The molecule has 4 aliphatic carbocycles. The number of aliphatic imine (C=N–C) groups is 1. The fourth-order valence-electron chi connectivity index (χ4n) is 5.65. The molecule has 0 radical (unpaired) electrons. The lowest BCUT2D eigenvalue weighted by molar-refractivity contribution is -0.136. The lowest BCUT2D eigenvalue weighted by Crippen LogP contribution is -2.63. The first-order chi connectivity index (χ1) is 13.2. The Hall–Kier alpha value is -1.84. The standard InChI is InChI=1S/C21H25ClFN3O2/c1-20(2,28-17-4-3-15(23)7-16(17)22)19(25-11-24)26-18-13-5-12-6-14(18)10-21(27,8-12)9-13/h3-4,7,12-14,18,27H,5-6,8-10H2,1-2H3,(H,25,26). The van der Waals surface area contributed by atoms with E-state index in [4.69, 9.17) is 16.3 Å². The first-order valence-corrected chi connectivity index (χ1v) is 10.2. The van der Waals surface area contributed by atoms with Gasteiger partial charge in [0.25, 0.3) is 0 Å². The van der Waals surface area contributed by atoms with E-state index in [1.54, 1.807) is 13.8 Å². The number of nitriles is 1. The number of rotatable bonds is 4. The van der Waals surface area contributed by atoms with Crippen LogP contribution in [0, 0.1) is 35.0 Å². The third-order valence-corrected chi connectivity index (χ3v) is 6.83. The molecule has 7 heteroatoms. The number of hydrogen-bond acceptors (Lipinski definition) is 4. The van der Waals surface area contributed by atoms with E-state index >= 15 is 0 Å². The van der Waals surface area contributed by atoms with Crippen molar-refractivity contribution in [1.82, 2.24) is 5.32 Å². The summed E-state index contributed by atoms with van der Waals surface area (Å²) in [5.41, 5.74) is -1.47. The summed E-state index contributed by atoms with van der Waals surface area (Å²) in [6.07, 6.45) is 6.57. The maximum absolute atomic E-state index is 13.3. The smallest absolute Gasteiger partial charge is 0.207 e. The molecule has 0 saturated heterocycles. The summed E-state index contributed by atoms with van der Waals surface area (Å²) in [6.45, 7) is 3.61. The molecule has 1 aromatic rings. The number of aliphatic hydroxyl groups is 1. The Kier molecular flexibility index (Phi) is 4.79. The Balaban J connectivity index is 1.54. The summed E-state index contributed by atoms with van der Waals surface area (Å²) < 4.78 is 19.4. The third-order valence-electron chi connectivity index (χ3n) is 6.54. The van der Waals surface area contributed by atoms with Crippen LogP contribution in [-0.2, 0) is 0 Å². The molecule has 5 nitrogen and oxygen atoms in total. The van der Waals surface area contributed by atoms with E-state index in [0.717, 1.165) is 32.1 Å². The van der Waals surface area contributed by atoms with Gasteiger partial charge in [-0.15, -0.1) is 0 Å². The Morgan fingerprint density at radius 3 is 2.61 bits per heavy atom. The minimum atomic E-state index is -0.956. The van der Waals surface area contributed by atoms with Gasteiger partial charge in [-0.2, -0.15) is 10.3 Å². The van der Waals surface area contributed by atoms with Crippen molar-refractivity contribution in [3.8, 4) is 11.9 Å². The van der Waals surface area contributed by atoms with Crippen LogP contribution in [0.25, 0.3) is 0 Å². The van der Waals surface area contributed by atoms with E-state index in [1.807, 2.05) is 6.19 Å². The van der Waals surface area contributed by atoms with Gasteiger partial charge in [0.15, 0.2) is 11.4 Å². The van der Waals surface area contributed by atoms with Crippen LogP contribution >= 0.6 is 11.6 Å². The molecule has 0 heterocycles. The second kappa shape index (κ2) is 6.89. The quantitative estimate of drug-likeness (QED) is 0.450. The second-order valence-electron chi connectivity index (χ2n) is 9.11. The number of amidine groups is 1. The molecule has 2 unspecified atom stereocenters. The molecule has 2 atom stereocenters. The van der Waals surface area contributed by atoms with Gasteiger partial charge in [0.05, 0.1) is 10.6 Å². The predicted octanol–water partition coefficient (Wildman–Crippen LogP) is 4.05. The average molecular weight is 406 g/mol. The zero-order valence-corrected chi connectivity index (χ0v) is 16.8. The Bertz CT molecular complexity index is 835. The van der Waals surface area contributed by atoms with Crippen molar-refractivity contribution in [3.05, 3.63) is 29.0 Å². The summed E-state index contributed by atoms with van der Waals surface area (Å²) in [7, 11) is 0. The molecule has 28 heavy (non-hydrogen) atoms. The summed E-state index contributed by atoms with van der Waals surface area (Å²) in [4.78, 5) is 4.01. The summed E-state index contributed by atoms with van der Waals surface area (Å²) in [6, 6.07) is 4.11. The third kappa shape index (κ3) is 3.58. The van der Waals surface area contributed by atoms with E-state index in [-0.39, 0.29) is 11.1 Å². The highest BCUT2D eigenvalue weighted by molar-refractivity contribution is 6.32. The fourth-order valence-corrected chi connectivity index (χ4v) is 5.85. The van der Waals surface area contributed by atoms with Gasteiger partial charge in [0.1, 0.15) is 11.6 Å². The lowest BCUT2D eigenvalue weighted by atomic mass is 9.52. The fraction of sp³-hybridized carbons (Fsp3) is 0.619. The van der Waals surface area contributed by atoms with Crippen LogP contribution in [-0.4, -0.2) is 28.2 Å². The lowest BCUT2D eigenvalue weighted by Gasteiger charge is -2.58. The van der Waals surface area contributed by atoms with Gasteiger partial charge < -0.3 is 15.2 Å². The molecule has 0 spiro atoms. The minimum Gasteiger partial charge on any atom is -0.478 e. The van der Waals surface area contributed by atoms with Crippen LogP contribution in [0.5, 0.6) is 5.75 Å². The average Bonchev–Trinajstić information content (AvgIpc) is 2.58. The number of benzene rings is 1. The van der Waals surface area contributed by atoms with E-state index < -0.39 is 17.0 Å². The maximum atomic E-state index is 13.3. The highest BCUT2D eigenvalue weighted by Gasteiger charge is 2.55. The van der Waals surface area contributed by atoms with Crippen molar-refractivity contribution in [2.75, 3.05) is 0 Å². The predicted molar refractivity (Wildman–Crippen MR) is 105 cm³/mol. The van der Waals surface area contributed by atoms with Crippen molar-refractivity contribution >= 4 is 17.4 Å². The molecule has 2 N–H and O–H groups in total. The van der Waals surface area contributed by atoms with Gasteiger partial charge in [-0.25, -0.2) is 4.39 Å². The van der Waals surface area contributed by atoms with Crippen LogP contribution in [0.4, 0.5) is 4.39 Å². The molecule has 5 rings (SSSR count). The van der Waals surface area contributed by atoms with E-state index in [9.17, 15) is 14.8 Å². The molecule has 0 aromatic heterocycles. The number of ether oxygens (including phenoxy) is 1. The van der Waals surface area contributed by atoms with Crippen LogP contribution in [0.3, 0.4) is 0 Å². The van der Waals surface area contributed by atoms with Gasteiger partial charge in [0.2, 0.25) is 6.19 Å². The molecular formula is C21H25ClFN3O2. The van der Waals surface area contributed by atoms with Crippen LogP contribution in [0.1, 0.15) is 46.0 Å². The van der Waals surface area contributed by atoms with Crippen LogP contribution in [0.15, 0.2) is 23.2 Å². The van der Waals surface area contributed by atoms with E-state index in [2.05, 4.69) is 10.3 Å². The SMILES string of the molecule is CC(C)(Oc1ccc(F)cc1Cl)C(=NC#N)NC1C2CC3CC1CC(O)(C3)C2. The van der Waals surface area contributed by atoms with Gasteiger partial charge >= 0.3 is 0 Å². The number of halogens is 2. The molecule has 4 bridgehead atoms. The summed E-state index contributed by atoms with van der Waals surface area (Å²) in [5, 5.41) is 23.7. The van der Waals surface area contributed by atoms with E-state index in [0.29, 0.717) is 29.3 Å². The molecule has 0 amide bonds. The van der Waals surface area contributed by atoms with Crippen molar-refractivity contribution in [1.29, 1.82) is 5.26 Å². The molecule has 150 valence electrons. The molecule has 0 aliphatic heterocycles. The number of hydrogen-bond donors (Lipinski definition) is 2. The zero-order valence-electron chi connectivity index (χ0n) is 16.1. The zero-order chi connectivity index (χ0) is 20.1. The number of nitrogens with zero attached hydrogens (tertiary/aromatic N) is 2. The van der Waals surface area contributed by atoms with Gasteiger partial charge in [-0.05, 0) is 81.9 Å². The minimum absolute atomic E-state index is 0.162. The van der Waals surface area contributed by atoms with Crippen LogP contribution in [0.2, 0.25) is 5.02 Å². The van der Waals surface area contributed by atoms with E-state index in [1.165, 1.54) is 18.2 Å². The summed E-state index contributed by atoms with van der Waals surface area (Å²) in [5.74, 6) is 1.65.